The van der Waals surface area contributed by atoms with Gasteiger partial charge in [0.1, 0.15) is 0 Å². The highest BCUT2D eigenvalue weighted by Crippen LogP contribution is 2.46. The molecule has 0 spiro atoms. The summed E-state index contributed by atoms with van der Waals surface area (Å²) in [4.78, 5) is 1.37. The third kappa shape index (κ3) is 2.33. The fourth-order valence-electron chi connectivity index (χ4n) is 3.95. The normalized spacial score (nSPS) is 23.3. The quantitative estimate of drug-likeness (QED) is 0.807. The molecular formula is C19H22N2S. The van der Waals surface area contributed by atoms with E-state index in [1.54, 1.807) is 0 Å². The average molecular weight is 310 g/mol. The molecule has 2 aliphatic heterocycles. The number of hydrogen-bond donors (Lipinski definition) is 2. The van der Waals surface area contributed by atoms with E-state index in [-0.39, 0.29) is 0 Å². The Morgan fingerprint density at radius 2 is 1.77 bits per heavy atom. The van der Waals surface area contributed by atoms with Crippen LogP contribution >= 0.6 is 11.8 Å². The molecule has 4 rings (SSSR count). The summed E-state index contributed by atoms with van der Waals surface area (Å²) in [6.07, 6.45) is 4.60. The van der Waals surface area contributed by atoms with E-state index in [0.29, 0.717) is 12.0 Å². The Morgan fingerprint density at radius 3 is 2.68 bits per heavy atom. The van der Waals surface area contributed by atoms with Gasteiger partial charge in [-0.3, -0.25) is 0 Å². The maximum Gasteiger partial charge on any atom is 0.0384 e. The zero-order valence-electron chi connectivity index (χ0n) is 12.9. The van der Waals surface area contributed by atoms with Crippen molar-refractivity contribution in [2.24, 2.45) is 0 Å². The van der Waals surface area contributed by atoms with Crippen LogP contribution in [-0.2, 0) is 0 Å². The van der Waals surface area contributed by atoms with Crippen molar-refractivity contribution >= 4 is 17.4 Å². The van der Waals surface area contributed by atoms with Crippen LogP contribution in [0.3, 0.4) is 0 Å². The van der Waals surface area contributed by atoms with Gasteiger partial charge in [-0.25, -0.2) is 0 Å². The molecule has 2 nitrogen and oxygen atoms in total. The molecule has 2 aliphatic rings. The third-order valence-electron chi connectivity index (χ3n) is 4.96. The minimum Gasteiger partial charge on any atom is -0.381 e. The molecule has 1 fully saturated rings. The Balaban J connectivity index is 1.85. The summed E-state index contributed by atoms with van der Waals surface area (Å²) in [5.41, 5.74) is 5.69. The van der Waals surface area contributed by atoms with Crippen molar-refractivity contribution in [3.8, 4) is 11.1 Å². The highest BCUT2D eigenvalue weighted by atomic mass is 32.2. The Kier molecular flexibility index (Phi) is 3.85. The van der Waals surface area contributed by atoms with Crippen molar-refractivity contribution in [2.45, 2.75) is 29.7 Å². The molecule has 2 heterocycles. The minimum atomic E-state index is 0.590. The molecule has 22 heavy (non-hydrogen) atoms. The number of nitrogens with one attached hydrogen (secondary N) is 2. The van der Waals surface area contributed by atoms with Gasteiger partial charge >= 0.3 is 0 Å². The van der Waals surface area contributed by atoms with Crippen LogP contribution < -0.4 is 10.6 Å². The van der Waals surface area contributed by atoms with Crippen molar-refractivity contribution in [2.75, 3.05) is 24.7 Å². The summed E-state index contributed by atoms with van der Waals surface area (Å²) >= 11 is 1.84. The molecule has 0 amide bonds. The first-order valence-electron chi connectivity index (χ1n) is 8.12. The summed E-state index contributed by atoms with van der Waals surface area (Å²) in [6.45, 7) is 2.25. The predicted molar refractivity (Wildman–Crippen MR) is 95.9 cm³/mol. The van der Waals surface area contributed by atoms with E-state index in [4.69, 9.17) is 0 Å². The summed E-state index contributed by atoms with van der Waals surface area (Å²) in [5.74, 6) is 0.635. The van der Waals surface area contributed by atoms with Crippen LogP contribution in [-0.4, -0.2) is 25.4 Å². The number of rotatable bonds is 2. The predicted octanol–water partition coefficient (Wildman–Crippen LogP) is 4.34. The molecule has 2 aromatic rings. The fraction of sp³-hybridized carbons (Fsp3) is 0.368. The Morgan fingerprint density at radius 1 is 0.955 bits per heavy atom. The van der Waals surface area contributed by atoms with Gasteiger partial charge in [-0.1, -0.05) is 30.3 Å². The van der Waals surface area contributed by atoms with Gasteiger partial charge in [0.25, 0.3) is 0 Å². The molecule has 0 aromatic heterocycles. The van der Waals surface area contributed by atoms with Gasteiger partial charge in [0.15, 0.2) is 0 Å². The standard InChI is InChI=1S/C19H22N2S/c1-22-18-8-3-2-5-13(18)14-6-4-7-17-19(14)15-9-11-20-12-10-16(15)21-17/h2-8,15-16,20-21H,9-12H2,1H3/t15-,16+/m1/s1. The average Bonchev–Trinajstić information content (AvgIpc) is 2.76. The first-order valence-corrected chi connectivity index (χ1v) is 9.34. The van der Waals surface area contributed by atoms with Gasteiger partial charge < -0.3 is 10.6 Å². The third-order valence-corrected chi connectivity index (χ3v) is 5.76. The summed E-state index contributed by atoms with van der Waals surface area (Å²) in [6, 6.07) is 16.1. The summed E-state index contributed by atoms with van der Waals surface area (Å²) in [7, 11) is 0. The topological polar surface area (TPSA) is 24.1 Å². The van der Waals surface area contributed by atoms with E-state index in [1.165, 1.54) is 40.1 Å². The van der Waals surface area contributed by atoms with Gasteiger partial charge in [-0.2, -0.15) is 0 Å². The zero-order valence-corrected chi connectivity index (χ0v) is 13.7. The number of benzene rings is 2. The van der Waals surface area contributed by atoms with Crippen LogP contribution in [0.25, 0.3) is 11.1 Å². The lowest BCUT2D eigenvalue weighted by Crippen LogP contribution is -2.21. The maximum absolute atomic E-state index is 3.78. The maximum atomic E-state index is 3.78. The van der Waals surface area contributed by atoms with Gasteiger partial charge in [0, 0.05) is 22.5 Å². The van der Waals surface area contributed by atoms with Crippen LogP contribution in [0.4, 0.5) is 5.69 Å². The lowest BCUT2D eigenvalue weighted by Gasteiger charge is -2.19. The Bertz CT molecular complexity index is 683. The van der Waals surface area contributed by atoms with Crippen LogP contribution in [0.1, 0.15) is 24.3 Å². The molecule has 1 saturated heterocycles. The largest absolute Gasteiger partial charge is 0.381 e. The van der Waals surface area contributed by atoms with E-state index < -0.39 is 0 Å². The fourth-order valence-corrected chi connectivity index (χ4v) is 4.57. The molecular weight excluding hydrogens is 288 g/mol. The Labute approximate surface area is 136 Å². The lowest BCUT2D eigenvalue weighted by atomic mass is 9.86. The first-order chi connectivity index (χ1) is 10.9. The Hall–Kier alpha value is -1.45. The van der Waals surface area contributed by atoms with Crippen LogP contribution in [0.5, 0.6) is 0 Å². The van der Waals surface area contributed by atoms with E-state index >= 15 is 0 Å². The second-order valence-electron chi connectivity index (χ2n) is 6.15. The van der Waals surface area contributed by atoms with E-state index in [1.807, 2.05) is 11.8 Å². The number of hydrogen-bond acceptors (Lipinski definition) is 3. The summed E-state index contributed by atoms with van der Waals surface area (Å²) in [5, 5.41) is 7.32. The highest BCUT2D eigenvalue weighted by molar-refractivity contribution is 7.98. The van der Waals surface area contributed by atoms with Gasteiger partial charge in [-0.15, -0.1) is 11.8 Å². The molecule has 0 unspecified atom stereocenters. The van der Waals surface area contributed by atoms with Gasteiger partial charge in [0.2, 0.25) is 0 Å². The van der Waals surface area contributed by atoms with Crippen LogP contribution in [0.15, 0.2) is 47.4 Å². The molecule has 2 atom stereocenters. The van der Waals surface area contributed by atoms with Crippen molar-refractivity contribution in [3.05, 3.63) is 48.0 Å². The van der Waals surface area contributed by atoms with E-state index in [2.05, 4.69) is 59.4 Å². The van der Waals surface area contributed by atoms with E-state index in [0.717, 1.165) is 13.1 Å². The van der Waals surface area contributed by atoms with Gasteiger partial charge in [0.05, 0.1) is 0 Å². The molecule has 0 saturated carbocycles. The summed E-state index contributed by atoms with van der Waals surface area (Å²) < 4.78 is 0. The van der Waals surface area contributed by atoms with Gasteiger partial charge in [-0.05, 0) is 61.0 Å². The molecule has 114 valence electrons. The molecule has 0 aliphatic carbocycles. The number of fused-ring (bicyclic) bond motifs is 3. The molecule has 0 radical (unpaired) electrons. The van der Waals surface area contributed by atoms with Crippen molar-refractivity contribution in [1.82, 2.24) is 5.32 Å². The number of thioether (sulfide) groups is 1. The van der Waals surface area contributed by atoms with Crippen LogP contribution in [0.2, 0.25) is 0 Å². The number of anilines is 1. The second kappa shape index (κ2) is 5.98. The smallest absolute Gasteiger partial charge is 0.0384 e. The van der Waals surface area contributed by atoms with E-state index in [9.17, 15) is 0 Å². The molecule has 2 N–H and O–H groups in total. The van der Waals surface area contributed by atoms with Crippen molar-refractivity contribution in [3.63, 3.8) is 0 Å². The monoisotopic (exact) mass is 310 g/mol. The van der Waals surface area contributed by atoms with Crippen molar-refractivity contribution in [1.29, 1.82) is 0 Å². The second-order valence-corrected chi connectivity index (χ2v) is 7.00. The minimum absolute atomic E-state index is 0.590. The molecule has 3 heteroatoms. The molecule has 2 aromatic carbocycles. The zero-order chi connectivity index (χ0) is 14.9. The lowest BCUT2D eigenvalue weighted by molar-refractivity contribution is 0.579. The highest BCUT2D eigenvalue weighted by Gasteiger charge is 2.34. The first kappa shape index (κ1) is 14.2. The molecule has 0 bridgehead atoms. The van der Waals surface area contributed by atoms with Crippen LogP contribution in [0, 0.1) is 0 Å². The van der Waals surface area contributed by atoms with Crippen molar-refractivity contribution < 1.29 is 0 Å². The SMILES string of the molecule is CSc1ccccc1-c1cccc2c1[C@@H]1CCNCC[C@@H]1N2.